The lowest BCUT2D eigenvalue weighted by Gasteiger charge is -2.44. The van der Waals surface area contributed by atoms with Gasteiger partial charge >= 0.3 is 0 Å². The molecule has 0 amide bonds. The van der Waals surface area contributed by atoms with Crippen LogP contribution < -0.4 is 0 Å². The second-order valence-corrected chi connectivity index (χ2v) is 4.98. The van der Waals surface area contributed by atoms with Gasteiger partial charge in [0.05, 0.1) is 18.6 Å². The van der Waals surface area contributed by atoms with Gasteiger partial charge in [-0.25, -0.2) is 0 Å². The van der Waals surface area contributed by atoms with Crippen LogP contribution in [0.1, 0.15) is 33.6 Å². The van der Waals surface area contributed by atoms with Crippen LogP contribution in [-0.4, -0.2) is 43.0 Å². The van der Waals surface area contributed by atoms with Crippen molar-refractivity contribution in [3.05, 3.63) is 5.41 Å². The molecule has 1 fully saturated rings. The Hall–Kier alpha value is -0.700. The molecular weight excluding hydrogens is 192 g/mol. The molecule has 4 heteroatoms. The smallest absolute Gasteiger partial charge is 0.183 e. The Bertz CT molecular complexity index is 209. The predicted molar refractivity (Wildman–Crippen MR) is 59.9 cm³/mol. The second kappa shape index (κ2) is 6.01. The van der Waals surface area contributed by atoms with E-state index in [-0.39, 0.29) is 0 Å². The molecule has 0 aliphatic carbocycles. The minimum atomic E-state index is 0.340. The summed E-state index contributed by atoms with van der Waals surface area (Å²) in [5.41, 5.74) is 0.340. The van der Waals surface area contributed by atoms with Crippen molar-refractivity contribution >= 4 is 6.08 Å². The Morgan fingerprint density at radius 1 is 1.33 bits per heavy atom. The highest BCUT2D eigenvalue weighted by atomic mass is 16.5. The van der Waals surface area contributed by atoms with Crippen molar-refractivity contribution < 1.29 is 14.0 Å². The van der Waals surface area contributed by atoms with Gasteiger partial charge in [0.15, 0.2) is 6.73 Å². The average molecular weight is 214 g/mol. The van der Waals surface area contributed by atoms with E-state index in [0.717, 1.165) is 11.2 Å². The number of nitrogens with zero attached hydrogens (tertiary/aromatic N) is 2. The average Bonchev–Trinajstić information content (AvgIpc) is 2.55. The minimum Gasteiger partial charge on any atom is -0.724 e. The molecule has 0 unspecified atom stereocenters. The first kappa shape index (κ1) is 14.3. The van der Waals surface area contributed by atoms with E-state index in [1.54, 1.807) is 0 Å². The number of quaternary nitrogens is 1. The highest BCUT2D eigenvalue weighted by molar-refractivity contribution is 5.36. The van der Waals surface area contributed by atoms with Crippen LogP contribution in [0.5, 0.6) is 0 Å². The van der Waals surface area contributed by atoms with E-state index in [4.69, 9.17) is 14.9 Å². The van der Waals surface area contributed by atoms with E-state index in [1.165, 1.54) is 25.9 Å². The van der Waals surface area contributed by atoms with Gasteiger partial charge in [-0.1, -0.05) is 0 Å². The van der Waals surface area contributed by atoms with Crippen LogP contribution >= 0.6 is 0 Å². The van der Waals surface area contributed by atoms with Crippen molar-refractivity contribution in [2.75, 3.05) is 26.9 Å². The fraction of sp³-hybridized carbons (Fsp3) is 0.909. The molecule has 88 valence electrons. The number of rotatable bonds is 2. The summed E-state index contributed by atoms with van der Waals surface area (Å²) in [6.45, 7) is 10.4. The maximum absolute atomic E-state index is 8.24. The lowest BCUT2D eigenvalue weighted by Crippen LogP contribution is -2.59. The van der Waals surface area contributed by atoms with Gasteiger partial charge < -0.3 is 10.1 Å². The molecule has 0 aromatic rings. The maximum Gasteiger partial charge on any atom is 0.183 e. The van der Waals surface area contributed by atoms with E-state index >= 15 is 0 Å². The van der Waals surface area contributed by atoms with E-state index in [1.807, 2.05) is 7.11 Å². The van der Waals surface area contributed by atoms with Crippen molar-refractivity contribution in [1.29, 1.82) is 0 Å². The van der Waals surface area contributed by atoms with Crippen molar-refractivity contribution in [2.24, 2.45) is 0 Å². The van der Waals surface area contributed by atoms with E-state index in [0.29, 0.717) is 11.6 Å². The number of likely N-dealkylation sites (tertiary alicyclic amines) is 1. The lowest BCUT2D eigenvalue weighted by molar-refractivity contribution is -0.976. The topological polar surface area (TPSA) is 48.6 Å². The predicted octanol–water partition coefficient (Wildman–Crippen LogP) is 1.89. The van der Waals surface area contributed by atoms with Crippen LogP contribution in [0, 0.1) is 0 Å². The monoisotopic (exact) mass is 214 g/mol. The number of hydrogen-bond acceptors (Lipinski definition) is 2. The Balaban J connectivity index is 0.000000583. The van der Waals surface area contributed by atoms with Crippen molar-refractivity contribution in [3.63, 3.8) is 0 Å². The third-order valence-corrected chi connectivity index (χ3v) is 3.22. The standard InChI is InChI=1S/C10H22NO.CNO/c1-10(2,3)11(9-12-4)7-5-6-8-11;2-1-3/h5-9H2,1-4H3;/q+1;-1. The van der Waals surface area contributed by atoms with Gasteiger partial charge in [-0.2, -0.15) is 0 Å². The molecule has 1 heterocycles. The molecule has 0 bridgehead atoms. The molecule has 0 saturated carbocycles. The first-order valence-corrected chi connectivity index (χ1v) is 5.30. The summed E-state index contributed by atoms with van der Waals surface area (Å²) in [6, 6.07) is 0. The van der Waals surface area contributed by atoms with Crippen LogP contribution in [0.3, 0.4) is 0 Å². The van der Waals surface area contributed by atoms with E-state index < -0.39 is 0 Å². The van der Waals surface area contributed by atoms with Gasteiger partial charge in [-0.3, -0.25) is 9.28 Å². The zero-order chi connectivity index (χ0) is 11.9. The van der Waals surface area contributed by atoms with Gasteiger partial charge in [0.2, 0.25) is 0 Å². The summed E-state index contributed by atoms with van der Waals surface area (Å²) in [5, 5.41) is 6.76. The molecule has 0 radical (unpaired) electrons. The van der Waals surface area contributed by atoms with Gasteiger partial charge in [-0.15, -0.1) is 0 Å². The summed E-state index contributed by atoms with van der Waals surface area (Å²) >= 11 is 0. The molecule has 1 aliphatic heterocycles. The first-order chi connectivity index (χ1) is 6.93. The zero-order valence-corrected chi connectivity index (χ0v) is 10.2. The minimum absolute atomic E-state index is 0.340. The molecule has 0 aromatic heterocycles. The molecule has 4 nitrogen and oxygen atoms in total. The van der Waals surface area contributed by atoms with Crippen LogP contribution in [0.2, 0.25) is 0 Å². The molecule has 1 aliphatic rings. The molecule has 1 saturated heterocycles. The van der Waals surface area contributed by atoms with Gasteiger partial charge in [0.1, 0.15) is 0 Å². The fourth-order valence-electron chi connectivity index (χ4n) is 2.18. The third kappa shape index (κ3) is 3.74. The van der Waals surface area contributed by atoms with E-state index in [9.17, 15) is 0 Å². The summed E-state index contributed by atoms with van der Waals surface area (Å²) < 4.78 is 6.47. The number of hydrogen-bond donors (Lipinski definition) is 0. The number of ether oxygens (including phenoxy) is 1. The molecule has 0 atom stereocenters. The largest absolute Gasteiger partial charge is 0.724 e. The van der Waals surface area contributed by atoms with Gasteiger partial charge in [0.25, 0.3) is 0 Å². The molecule has 1 rings (SSSR count). The van der Waals surface area contributed by atoms with Crippen LogP contribution in [0.25, 0.3) is 5.41 Å². The fourth-order valence-corrected chi connectivity index (χ4v) is 2.18. The summed E-state index contributed by atoms with van der Waals surface area (Å²) in [6.07, 6.45) is 3.22. The Labute approximate surface area is 92.3 Å². The molecular formula is C11H22N2O2. The van der Waals surface area contributed by atoms with Crippen molar-refractivity contribution in [3.8, 4) is 0 Å². The Kier molecular flexibility index (Phi) is 5.73. The van der Waals surface area contributed by atoms with E-state index in [2.05, 4.69) is 20.8 Å². The van der Waals surface area contributed by atoms with Crippen molar-refractivity contribution in [1.82, 2.24) is 0 Å². The normalized spacial score (nSPS) is 18.9. The van der Waals surface area contributed by atoms with Crippen LogP contribution in [-0.2, 0) is 9.53 Å². The summed E-state index contributed by atoms with van der Waals surface area (Å²) in [4.78, 5) is 8.24. The quantitative estimate of drug-likeness (QED) is 0.400. The lowest BCUT2D eigenvalue weighted by atomic mass is 10.0. The SMILES string of the molecule is COC[N+]1(C(C)(C)C)CCCC1.[N-]=C=O. The third-order valence-electron chi connectivity index (χ3n) is 3.22. The van der Waals surface area contributed by atoms with Gasteiger partial charge in [0, 0.05) is 20.0 Å². The van der Waals surface area contributed by atoms with Crippen LogP contribution in [0.15, 0.2) is 0 Å². The number of methoxy groups -OCH3 is 1. The van der Waals surface area contributed by atoms with Gasteiger partial charge in [-0.05, 0) is 26.9 Å². The maximum atomic E-state index is 8.24. The summed E-state index contributed by atoms with van der Waals surface area (Å²) in [7, 11) is 1.81. The second-order valence-electron chi connectivity index (χ2n) is 4.98. The van der Waals surface area contributed by atoms with Crippen LogP contribution in [0.4, 0.5) is 0 Å². The molecule has 0 spiro atoms. The zero-order valence-electron chi connectivity index (χ0n) is 10.2. The molecule has 0 N–H and O–H groups in total. The Morgan fingerprint density at radius 3 is 2.00 bits per heavy atom. The number of isocyanates is 1. The number of carbonyl (C=O) groups excluding carboxylic acids is 1. The Morgan fingerprint density at radius 2 is 1.73 bits per heavy atom. The highest BCUT2D eigenvalue weighted by Gasteiger charge is 2.42. The van der Waals surface area contributed by atoms with Crippen molar-refractivity contribution in [2.45, 2.75) is 39.2 Å². The molecule has 0 aromatic carbocycles. The molecule has 15 heavy (non-hydrogen) atoms. The highest BCUT2D eigenvalue weighted by Crippen LogP contribution is 2.30. The summed E-state index contributed by atoms with van der Waals surface area (Å²) in [5.74, 6) is 0. The first-order valence-electron chi connectivity index (χ1n) is 5.30.